The van der Waals surface area contributed by atoms with Crippen molar-refractivity contribution >= 4 is 29.1 Å². The van der Waals surface area contributed by atoms with Gasteiger partial charge < -0.3 is 24.4 Å². The number of ether oxygens (including phenoxy) is 3. The van der Waals surface area contributed by atoms with E-state index in [-0.39, 0.29) is 17.9 Å². The first kappa shape index (κ1) is 27.9. The van der Waals surface area contributed by atoms with E-state index in [4.69, 9.17) is 31.1 Å². The fourth-order valence-electron chi connectivity index (χ4n) is 5.40. The van der Waals surface area contributed by atoms with Crippen molar-refractivity contribution < 1.29 is 14.2 Å². The van der Waals surface area contributed by atoms with Gasteiger partial charge in [0.1, 0.15) is 6.10 Å². The van der Waals surface area contributed by atoms with Gasteiger partial charge in [0, 0.05) is 49.1 Å². The zero-order valence-electron chi connectivity index (χ0n) is 23.2. The lowest BCUT2D eigenvalue weighted by molar-refractivity contribution is -0.0764. The van der Waals surface area contributed by atoms with Crippen LogP contribution in [0.2, 0.25) is 5.02 Å². The summed E-state index contributed by atoms with van der Waals surface area (Å²) in [5.74, 6) is 2.74. The van der Waals surface area contributed by atoms with Crippen LogP contribution in [0.3, 0.4) is 0 Å². The highest BCUT2D eigenvalue weighted by Crippen LogP contribution is 2.42. The molecule has 1 aromatic carbocycles. The monoisotopic (exact) mass is 562 g/mol. The van der Waals surface area contributed by atoms with Crippen LogP contribution in [0, 0.1) is 23.2 Å². The molecular weight excluding hydrogens is 528 g/mol. The van der Waals surface area contributed by atoms with E-state index in [9.17, 15) is 0 Å². The summed E-state index contributed by atoms with van der Waals surface area (Å²) in [6.45, 7) is 6.96. The first-order valence-corrected chi connectivity index (χ1v) is 14.2. The van der Waals surface area contributed by atoms with Gasteiger partial charge in [-0.2, -0.15) is 5.26 Å². The maximum atomic E-state index is 9.17. The number of rotatable bonds is 10. The molecule has 9 nitrogen and oxygen atoms in total. The highest BCUT2D eigenvalue weighted by atomic mass is 35.5. The standard InChI is InChI=1S/C30H35ClN6O3/c1-4-6-7-20-12-34-30(35-13-20)37-15-22-17-39-18-23(16-37)26(22)40-27-21(5-2)14-33-29(28(27)38-3)36-25-9-8-19(11-32)10-24(25)31/h8-10,12-14,22-23,26H,4-7,15-18H2,1-3H3,(H,33,36). The second kappa shape index (κ2) is 12.7. The number of anilines is 3. The minimum absolute atomic E-state index is 0.0539. The van der Waals surface area contributed by atoms with Crippen LogP contribution in [0.15, 0.2) is 36.8 Å². The number of nitriles is 1. The molecule has 0 saturated carbocycles. The Kier molecular flexibility index (Phi) is 8.88. The van der Waals surface area contributed by atoms with Crippen molar-refractivity contribution in [1.29, 1.82) is 5.26 Å². The van der Waals surface area contributed by atoms with Crippen LogP contribution < -0.4 is 19.7 Å². The van der Waals surface area contributed by atoms with E-state index in [0.29, 0.717) is 46.8 Å². The molecule has 4 heterocycles. The van der Waals surface area contributed by atoms with Gasteiger partial charge in [0.05, 0.1) is 42.7 Å². The minimum Gasteiger partial charge on any atom is -0.490 e. The largest absolute Gasteiger partial charge is 0.490 e. The molecule has 1 N–H and O–H groups in total. The second-order valence-electron chi connectivity index (χ2n) is 10.3. The van der Waals surface area contributed by atoms with E-state index >= 15 is 0 Å². The Labute approximate surface area is 240 Å². The molecule has 40 heavy (non-hydrogen) atoms. The minimum atomic E-state index is -0.0539. The number of halogens is 1. The Balaban J connectivity index is 1.37. The number of methoxy groups -OCH3 is 1. The third kappa shape index (κ3) is 5.93. The second-order valence-corrected chi connectivity index (χ2v) is 10.7. The van der Waals surface area contributed by atoms with E-state index in [0.717, 1.165) is 50.3 Å². The average Bonchev–Trinajstić information content (AvgIpc) is 2.97. The molecule has 0 radical (unpaired) electrons. The Morgan fingerprint density at radius 3 is 2.48 bits per heavy atom. The third-order valence-electron chi connectivity index (χ3n) is 7.55. The fraction of sp³-hybridized carbons (Fsp3) is 0.467. The van der Waals surface area contributed by atoms with Crippen molar-refractivity contribution in [2.45, 2.75) is 45.6 Å². The van der Waals surface area contributed by atoms with Crippen LogP contribution in [-0.4, -0.2) is 54.5 Å². The topological polar surface area (TPSA) is 105 Å². The Bertz CT molecular complexity index is 1350. The normalized spacial score (nSPS) is 20.1. The molecule has 0 amide bonds. The van der Waals surface area contributed by atoms with Crippen LogP contribution in [0.4, 0.5) is 17.5 Å². The van der Waals surface area contributed by atoms with E-state index in [2.05, 4.69) is 45.1 Å². The zero-order chi connectivity index (χ0) is 28.1. The number of hydrogen-bond donors (Lipinski definition) is 1. The molecule has 2 saturated heterocycles. The SMILES string of the molecule is CCCCc1cnc(N2CC3COCC(C2)C3Oc2c(CC)cnc(Nc3ccc(C#N)cc3Cl)c2OC)nc1. The van der Waals surface area contributed by atoms with Gasteiger partial charge in [-0.15, -0.1) is 0 Å². The third-order valence-corrected chi connectivity index (χ3v) is 7.86. The lowest BCUT2D eigenvalue weighted by Gasteiger charge is -2.46. The number of unbranched alkanes of at least 4 members (excludes halogenated alkanes) is 1. The number of piperidine rings is 1. The summed E-state index contributed by atoms with van der Waals surface area (Å²) in [7, 11) is 1.61. The first-order valence-electron chi connectivity index (χ1n) is 13.9. The lowest BCUT2D eigenvalue weighted by Crippen LogP contribution is -2.58. The van der Waals surface area contributed by atoms with Crippen LogP contribution >= 0.6 is 11.6 Å². The average molecular weight is 563 g/mol. The van der Waals surface area contributed by atoms with E-state index < -0.39 is 0 Å². The molecule has 2 aliphatic heterocycles. The number of nitrogens with one attached hydrogen (secondary N) is 1. The zero-order valence-corrected chi connectivity index (χ0v) is 23.9. The first-order chi connectivity index (χ1) is 19.5. The summed E-state index contributed by atoms with van der Waals surface area (Å²) in [6, 6.07) is 7.18. The Hall–Kier alpha value is -3.61. The van der Waals surface area contributed by atoms with Crippen molar-refractivity contribution in [3.8, 4) is 17.6 Å². The van der Waals surface area contributed by atoms with Gasteiger partial charge in [0.25, 0.3) is 0 Å². The van der Waals surface area contributed by atoms with Crippen LogP contribution in [0.1, 0.15) is 43.4 Å². The number of benzene rings is 1. The Morgan fingerprint density at radius 2 is 1.85 bits per heavy atom. The summed E-state index contributed by atoms with van der Waals surface area (Å²) in [5.41, 5.74) is 3.25. The molecular formula is C30H35ClN6O3. The van der Waals surface area contributed by atoms with Crippen molar-refractivity contribution in [2.24, 2.45) is 11.8 Å². The van der Waals surface area contributed by atoms with Gasteiger partial charge in [-0.3, -0.25) is 0 Å². The summed E-state index contributed by atoms with van der Waals surface area (Å²) in [4.78, 5) is 16.2. The predicted octanol–water partition coefficient (Wildman–Crippen LogP) is 5.58. The van der Waals surface area contributed by atoms with Crippen molar-refractivity contribution in [1.82, 2.24) is 15.0 Å². The molecule has 5 rings (SSSR count). The molecule has 2 aliphatic rings. The van der Waals surface area contributed by atoms with Crippen LogP contribution in [0.5, 0.6) is 11.5 Å². The number of aromatic nitrogens is 3. The summed E-state index contributed by atoms with van der Waals surface area (Å²) in [6.07, 6.45) is 9.71. The maximum Gasteiger partial charge on any atom is 0.225 e. The quantitative estimate of drug-likeness (QED) is 0.339. The lowest BCUT2D eigenvalue weighted by atomic mass is 9.84. The summed E-state index contributed by atoms with van der Waals surface area (Å²) in [5, 5.41) is 12.8. The number of fused-ring (bicyclic) bond motifs is 2. The number of nitrogens with zero attached hydrogens (tertiary/aromatic N) is 5. The maximum absolute atomic E-state index is 9.17. The van der Waals surface area contributed by atoms with Crippen molar-refractivity contribution in [3.05, 3.63) is 58.5 Å². The molecule has 10 heteroatoms. The predicted molar refractivity (Wildman–Crippen MR) is 155 cm³/mol. The van der Waals surface area contributed by atoms with Crippen molar-refractivity contribution in [3.63, 3.8) is 0 Å². The fourth-order valence-corrected chi connectivity index (χ4v) is 5.63. The Morgan fingerprint density at radius 1 is 1.10 bits per heavy atom. The van der Waals surface area contributed by atoms with Crippen LogP contribution in [-0.2, 0) is 17.6 Å². The summed E-state index contributed by atoms with van der Waals surface area (Å²) < 4.78 is 18.7. The number of pyridine rings is 1. The number of hydrogen-bond acceptors (Lipinski definition) is 9. The molecule has 0 spiro atoms. The molecule has 3 aromatic rings. The van der Waals surface area contributed by atoms with Gasteiger partial charge >= 0.3 is 0 Å². The molecule has 2 atom stereocenters. The molecule has 2 fully saturated rings. The van der Waals surface area contributed by atoms with Gasteiger partial charge in [-0.1, -0.05) is 31.9 Å². The van der Waals surface area contributed by atoms with Crippen molar-refractivity contribution in [2.75, 3.05) is 43.6 Å². The van der Waals surface area contributed by atoms with Gasteiger partial charge in [0.15, 0.2) is 11.6 Å². The van der Waals surface area contributed by atoms with E-state index in [1.807, 2.05) is 18.6 Å². The summed E-state index contributed by atoms with van der Waals surface area (Å²) >= 11 is 6.43. The van der Waals surface area contributed by atoms with Gasteiger partial charge in [0.2, 0.25) is 11.7 Å². The highest BCUT2D eigenvalue weighted by Gasteiger charge is 2.43. The molecule has 2 bridgehead atoms. The van der Waals surface area contributed by atoms with Crippen LogP contribution in [0.25, 0.3) is 0 Å². The molecule has 210 valence electrons. The van der Waals surface area contributed by atoms with Gasteiger partial charge in [-0.05, 0) is 43.0 Å². The molecule has 2 unspecified atom stereocenters. The molecule has 2 aromatic heterocycles. The smallest absolute Gasteiger partial charge is 0.225 e. The number of aryl methyl sites for hydroxylation is 2. The van der Waals surface area contributed by atoms with E-state index in [1.165, 1.54) is 5.56 Å². The van der Waals surface area contributed by atoms with E-state index in [1.54, 1.807) is 25.3 Å². The van der Waals surface area contributed by atoms with Gasteiger partial charge in [-0.25, -0.2) is 15.0 Å². The molecule has 0 aliphatic carbocycles. The highest BCUT2D eigenvalue weighted by molar-refractivity contribution is 6.33.